The van der Waals surface area contributed by atoms with Crippen molar-refractivity contribution in [3.8, 4) is 0 Å². The van der Waals surface area contributed by atoms with Crippen LogP contribution in [0.4, 0.5) is 0 Å². The van der Waals surface area contributed by atoms with Gasteiger partial charge >= 0.3 is 5.97 Å². The smallest absolute Gasteiger partial charge is 0.305 e. The van der Waals surface area contributed by atoms with Crippen LogP contribution >= 0.6 is 15.9 Å². The number of aliphatic hydroxyl groups excluding tert-OH is 1. The Balaban J connectivity index is 2.75. The minimum atomic E-state index is -1.39. The number of Topliss-reactive ketones (excluding diaryl/α,β-unsaturated/α-hetero) is 1. The molecule has 0 amide bonds. The molecule has 1 aliphatic rings. The van der Waals surface area contributed by atoms with Crippen molar-refractivity contribution in [2.45, 2.75) is 50.7 Å². The predicted molar refractivity (Wildman–Crippen MR) is 109 cm³/mol. The van der Waals surface area contributed by atoms with Gasteiger partial charge in [0.15, 0.2) is 5.78 Å². The van der Waals surface area contributed by atoms with Crippen LogP contribution in [0, 0.1) is 0 Å². The van der Waals surface area contributed by atoms with Gasteiger partial charge in [-0.2, -0.15) is 0 Å². The third-order valence-corrected chi connectivity index (χ3v) is 4.62. The fourth-order valence-electron chi connectivity index (χ4n) is 2.51. The Hall–Kier alpha value is -1.76. The van der Waals surface area contributed by atoms with Crippen molar-refractivity contribution in [1.82, 2.24) is 0 Å². The highest BCUT2D eigenvalue weighted by Crippen LogP contribution is 2.36. The second-order valence-corrected chi connectivity index (χ2v) is 7.04. The summed E-state index contributed by atoms with van der Waals surface area (Å²) in [5.74, 6) is -0.680. The van der Waals surface area contributed by atoms with Gasteiger partial charge in [0.2, 0.25) is 0 Å². The van der Waals surface area contributed by atoms with Crippen molar-refractivity contribution in [3.63, 3.8) is 0 Å². The second-order valence-electron chi connectivity index (χ2n) is 6.18. The maximum Gasteiger partial charge on any atom is 0.305 e. The molecule has 2 N–H and O–H groups in total. The van der Waals surface area contributed by atoms with Crippen molar-refractivity contribution in [2.75, 3.05) is 7.11 Å². The van der Waals surface area contributed by atoms with Gasteiger partial charge in [-0.15, -0.1) is 0 Å². The number of carbonyl (C=O) groups is 2. The van der Waals surface area contributed by atoms with E-state index in [0.717, 1.165) is 12.8 Å². The second kappa shape index (κ2) is 11.8. The quantitative estimate of drug-likeness (QED) is 0.308. The van der Waals surface area contributed by atoms with E-state index in [1.54, 1.807) is 0 Å². The molecular formula is C21H27BrO5. The highest BCUT2D eigenvalue weighted by atomic mass is 79.9. The molecule has 2 atom stereocenters. The van der Waals surface area contributed by atoms with Crippen LogP contribution in [0.25, 0.3) is 0 Å². The zero-order valence-electron chi connectivity index (χ0n) is 15.7. The Kier molecular flexibility index (Phi) is 10.2. The Morgan fingerprint density at radius 2 is 2.04 bits per heavy atom. The van der Waals surface area contributed by atoms with Crippen molar-refractivity contribution >= 4 is 27.7 Å². The predicted octanol–water partition coefficient (Wildman–Crippen LogP) is 3.68. The molecule has 0 fully saturated rings. The number of esters is 1. The topological polar surface area (TPSA) is 83.8 Å². The molecular weight excluding hydrogens is 412 g/mol. The van der Waals surface area contributed by atoms with Gasteiger partial charge in [0.1, 0.15) is 5.60 Å². The molecule has 0 heterocycles. The lowest BCUT2D eigenvalue weighted by molar-refractivity contribution is -0.141. The van der Waals surface area contributed by atoms with Gasteiger partial charge in [0, 0.05) is 18.4 Å². The van der Waals surface area contributed by atoms with Gasteiger partial charge in [-0.1, -0.05) is 49.5 Å². The van der Waals surface area contributed by atoms with Crippen LogP contribution in [-0.2, 0) is 14.3 Å². The maximum atomic E-state index is 12.3. The van der Waals surface area contributed by atoms with E-state index in [9.17, 15) is 19.8 Å². The summed E-state index contributed by atoms with van der Waals surface area (Å²) in [6.07, 6.45) is 15.4. The van der Waals surface area contributed by atoms with Gasteiger partial charge in [-0.05, 0) is 41.3 Å². The number of methoxy groups -OCH3 is 1. The summed E-state index contributed by atoms with van der Waals surface area (Å²) in [6.45, 7) is 2.06. The number of ketones is 1. The molecule has 0 saturated carbocycles. The standard InChI is InChI=1S/C21H27BrO5/c1-3-4-5-6-7-8-14-21(26)15-18(22)20(25)17(21)11-9-10-16(23)12-13-19(24)27-2/h4-5,7-11,15-16,23,26H,3,6,12-14H2,1-2H3/b5-4-,8-7-,10-9+,17-11+. The number of hydrogen-bond donors (Lipinski definition) is 2. The molecule has 0 aromatic carbocycles. The SMILES string of the molecule is CC/C=C\C/C=C\CC1(O)C=C(Br)C(=O)/C1=C\C=C\C(O)CCC(=O)OC. The Morgan fingerprint density at radius 3 is 2.70 bits per heavy atom. The van der Waals surface area contributed by atoms with Crippen molar-refractivity contribution in [1.29, 1.82) is 0 Å². The molecule has 0 bridgehead atoms. The molecule has 0 aromatic heterocycles. The summed E-state index contributed by atoms with van der Waals surface area (Å²) < 4.78 is 4.84. The number of allylic oxidation sites excluding steroid dienone is 6. The minimum absolute atomic E-state index is 0.103. The fourth-order valence-corrected chi connectivity index (χ4v) is 3.10. The monoisotopic (exact) mass is 438 g/mol. The molecule has 1 rings (SSSR count). The number of hydrogen-bond acceptors (Lipinski definition) is 5. The molecule has 2 unspecified atom stereocenters. The van der Waals surface area contributed by atoms with Crippen molar-refractivity contribution < 1.29 is 24.5 Å². The Morgan fingerprint density at radius 1 is 1.33 bits per heavy atom. The highest BCUT2D eigenvalue weighted by molar-refractivity contribution is 9.12. The van der Waals surface area contributed by atoms with Crippen LogP contribution in [0.5, 0.6) is 0 Å². The third kappa shape index (κ3) is 7.79. The van der Waals surface area contributed by atoms with E-state index < -0.39 is 17.7 Å². The summed E-state index contributed by atoms with van der Waals surface area (Å²) in [5.41, 5.74) is -1.15. The number of halogens is 1. The number of carbonyl (C=O) groups excluding carboxylic acids is 2. The number of ether oxygens (including phenoxy) is 1. The summed E-state index contributed by atoms with van der Waals surface area (Å²) in [7, 11) is 1.29. The fraction of sp³-hybridized carbons (Fsp3) is 0.429. The van der Waals surface area contributed by atoms with Gasteiger partial charge in [0.05, 0.1) is 17.7 Å². The van der Waals surface area contributed by atoms with Gasteiger partial charge in [0.25, 0.3) is 0 Å². The van der Waals surface area contributed by atoms with E-state index in [0.29, 0.717) is 4.48 Å². The van der Waals surface area contributed by atoms with Crippen LogP contribution in [0.2, 0.25) is 0 Å². The Labute approximate surface area is 168 Å². The number of rotatable bonds is 10. The molecule has 0 aliphatic heterocycles. The lowest BCUT2D eigenvalue weighted by Crippen LogP contribution is -2.27. The van der Waals surface area contributed by atoms with Crippen LogP contribution in [0.15, 0.2) is 58.7 Å². The van der Waals surface area contributed by atoms with E-state index >= 15 is 0 Å². The Bertz CT molecular complexity index is 672. The van der Waals surface area contributed by atoms with E-state index in [2.05, 4.69) is 33.7 Å². The third-order valence-electron chi connectivity index (χ3n) is 4.03. The lowest BCUT2D eigenvalue weighted by Gasteiger charge is -2.20. The van der Waals surface area contributed by atoms with Crippen LogP contribution in [0.1, 0.15) is 39.0 Å². The first-order chi connectivity index (χ1) is 12.8. The summed E-state index contributed by atoms with van der Waals surface area (Å²) >= 11 is 3.18. The lowest BCUT2D eigenvalue weighted by atomic mass is 9.92. The average molecular weight is 439 g/mol. The summed E-state index contributed by atoms with van der Waals surface area (Å²) in [4.78, 5) is 23.4. The van der Waals surface area contributed by atoms with Crippen molar-refractivity contribution in [2.24, 2.45) is 0 Å². The summed E-state index contributed by atoms with van der Waals surface area (Å²) in [5, 5.41) is 20.7. The van der Waals surface area contributed by atoms with Gasteiger partial charge in [-0.25, -0.2) is 0 Å². The zero-order valence-corrected chi connectivity index (χ0v) is 17.3. The van der Waals surface area contributed by atoms with Gasteiger partial charge < -0.3 is 14.9 Å². The molecule has 1 aliphatic carbocycles. The maximum absolute atomic E-state index is 12.3. The first-order valence-corrected chi connectivity index (χ1v) is 9.72. The normalized spacial score (nSPS) is 23.1. The van der Waals surface area contributed by atoms with Gasteiger partial charge in [-0.3, -0.25) is 9.59 Å². The van der Waals surface area contributed by atoms with E-state index in [1.165, 1.54) is 31.4 Å². The molecule has 27 heavy (non-hydrogen) atoms. The van der Waals surface area contributed by atoms with Crippen molar-refractivity contribution in [3.05, 3.63) is 58.7 Å². The first kappa shape index (κ1) is 23.3. The zero-order chi connectivity index (χ0) is 20.3. The molecule has 0 radical (unpaired) electrons. The molecule has 0 aromatic rings. The largest absolute Gasteiger partial charge is 0.469 e. The number of aliphatic hydroxyl groups is 2. The minimum Gasteiger partial charge on any atom is -0.469 e. The first-order valence-electron chi connectivity index (χ1n) is 8.93. The van der Waals surface area contributed by atoms with Crippen LogP contribution in [-0.4, -0.2) is 40.8 Å². The van der Waals surface area contributed by atoms with E-state index in [1.807, 2.05) is 18.2 Å². The average Bonchev–Trinajstić information content (AvgIpc) is 2.85. The molecule has 148 valence electrons. The molecule has 6 heteroatoms. The molecule has 0 spiro atoms. The van der Waals surface area contributed by atoms with Crippen LogP contribution in [0.3, 0.4) is 0 Å². The van der Waals surface area contributed by atoms with E-state index in [-0.39, 0.29) is 30.6 Å². The highest BCUT2D eigenvalue weighted by Gasteiger charge is 2.39. The molecule has 0 saturated heterocycles. The summed E-state index contributed by atoms with van der Waals surface area (Å²) in [6, 6.07) is 0. The molecule has 5 nitrogen and oxygen atoms in total. The van der Waals surface area contributed by atoms with Crippen LogP contribution < -0.4 is 0 Å². The van der Waals surface area contributed by atoms with E-state index in [4.69, 9.17) is 0 Å².